The number of esters is 2. The third-order valence-electron chi connectivity index (χ3n) is 10.9. The Morgan fingerprint density at radius 3 is 1.92 bits per heavy atom. The van der Waals surface area contributed by atoms with E-state index in [-0.39, 0.29) is 31.3 Å². The second kappa shape index (κ2) is 36.5. The Hall–Kier alpha value is -1.93. The van der Waals surface area contributed by atoms with Gasteiger partial charge >= 0.3 is 19.8 Å². The van der Waals surface area contributed by atoms with Crippen molar-refractivity contribution in [2.45, 2.75) is 205 Å². The van der Waals surface area contributed by atoms with E-state index in [4.69, 9.17) is 19.1 Å². The maximum atomic E-state index is 12.8. The quantitative estimate of drug-likeness (QED) is 0.0148. The van der Waals surface area contributed by atoms with E-state index < -0.39 is 70.1 Å². The third-order valence-corrected chi connectivity index (χ3v) is 11.8. The first-order chi connectivity index (χ1) is 28.9. The second-order valence-corrected chi connectivity index (χ2v) is 17.8. The van der Waals surface area contributed by atoms with Gasteiger partial charge in [-0.2, -0.15) is 0 Å². The molecule has 14 heteroatoms. The third kappa shape index (κ3) is 30.2. The molecule has 8 atom stereocenters. The van der Waals surface area contributed by atoms with Crippen molar-refractivity contribution in [2.75, 3.05) is 26.4 Å². The van der Waals surface area contributed by atoms with Gasteiger partial charge < -0.3 is 39.9 Å². The topological polar surface area (TPSA) is 210 Å². The summed E-state index contributed by atoms with van der Waals surface area (Å²) in [7, 11) is -4.68. The molecule has 6 N–H and O–H groups in total. The highest BCUT2D eigenvalue weighted by Crippen LogP contribution is 2.43. The van der Waals surface area contributed by atoms with Crippen LogP contribution in [-0.2, 0) is 32.7 Å². The van der Waals surface area contributed by atoms with Gasteiger partial charge in [0.2, 0.25) is 0 Å². The van der Waals surface area contributed by atoms with Crippen LogP contribution in [-0.4, -0.2) is 99.3 Å². The molecule has 1 rings (SSSR count). The van der Waals surface area contributed by atoms with Gasteiger partial charge in [-0.05, 0) is 63.7 Å². The monoisotopic (exact) mass is 875 g/mol. The zero-order valence-corrected chi connectivity index (χ0v) is 37.9. The molecule has 0 saturated heterocycles. The number of ether oxygens (including phenoxy) is 2. The molecule has 0 aromatic heterocycles. The van der Waals surface area contributed by atoms with Crippen molar-refractivity contribution in [1.82, 2.24) is 0 Å². The van der Waals surface area contributed by atoms with E-state index in [0.29, 0.717) is 38.5 Å². The lowest BCUT2D eigenvalue weighted by Gasteiger charge is -2.21. The van der Waals surface area contributed by atoms with E-state index in [1.54, 1.807) is 6.08 Å². The summed E-state index contributed by atoms with van der Waals surface area (Å²) in [6, 6.07) is 0. The van der Waals surface area contributed by atoms with Crippen molar-refractivity contribution in [1.29, 1.82) is 0 Å². The number of phosphoric acid groups is 1. The smallest absolute Gasteiger partial charge is 0.462 e. The zero-order chi connectivity index (χ0) is 44.3. The molecule has 0 aliphatic heterocycles. The van der Waals surface area contributed by atoms with E-state index in [1.807, 2.05) is 6.08 Å². The van der Waals surface area contributed by atoms with E-state index in [0.717, 1.165) is 70.6 Å². The first kappa shape index (κ1) is 56.1. The number of aliphatic hydroxyl groups is 5. The molecule has 0 radical (unpaired) electrons. The number of rotatable bonds is 39. The molecule has 1 aliphatic rings. The predicted octanol–water partition coefficient (Wildman–Crippen LogP) is 8.72. The molecular formula is C46H83O13P. The van der Waals surface area contributed by atoms with Crippen LogP contribution in [0, 0.1) is 11.8 Å². The van der Waals surface area contributed by atoms with Crippen LogP contribution in [0.5, 0.6) is 0 Å². The van der Waals surface area contributed by atoms with Gasteiger partial charge in [-0.15, -0.1) is 0 Å². The van der Waals surface area contributed by atoms with Crippen LogP contribution in [0.15, 0.2) is 36.5 Å². The van der Waals surface area contributed by atoms with E-state index >= 15 is 0 Å². The lowest BCUT2D eigenvalue weighted by Crippen LogP contribution is -2.29. The molecule has 13 nitrogen and oxygen atoms in total. The van der Waals surface area contributed by atoms with Crippen molar-refractivity contribution in [2.24, 2.45) is 11.8 Å². The van der Waals surface area contributed by atoms with Gasteiger partial charge in [-0.3, -0.25) is 18.6 Å². The van der Waals surface area contributed by atoms with Gasteiger partial charge in [-0.1, -0.05) is 134 Å². The first-order valence-corrected chi connectivity index (χ1v) is 24.7. The lowest BCUT2D eigenvalue weighted by molar-refractivity contribution is -0.161. The number of unbranched alkanes of at least 4 members (excludes halogenated alkanes) is 15. The van der Waals surface area contributed by atoms with Crippen LogP contribution < -0.4 is 0 Å². The lowest BCUT2D eigenvalue weighted by atomic mass is 9.88. The summed E-state index contributed by atoms with van der Waals surface area (Å²) in [4.78, 5) is 35.3. The fraction of sp³-hybridized carbons (Fsp3) is 0.826. The summed E-state index contributed by atoms with van der Waals surface area (Å²) in [5.74, 6) is -1.41. The molecule has 1 unspecified atom stereocenters. The summed E-state index contributed by atoms with van der Waals surface area (Å²) in [6.45, 7) is 2.01. The standard InChI is InChI=1S/C46H83O13P/c1-3-5-7-8-9-10-11-12-13-14-15-16-17-18-19-20-25-29-45(52)56-36-40(37-58-60(54,55)57-35-39(49)34-47)59-46(53)30-26-22-21-24-28-41-42(44(51)33-43(41)50)32-31-38(48)27-23-6-4-2/h9-10,12-13,31-32,38-44,47-51H,3-8,11,14-30,33-37H2,1-2H3,(H,54,55)/b10-9-,13-12-,32-31+/t38-,39-,40+,41+,42+,43-,44+/m0/s1. The Kier molecular flexibility index (Phi) is 34.2. The van der Waals surface area contributed by atoms with Crippen molar-refractivity contribution < 1.29 is 63.1 Å². The molecule has 0 amide bonds. The molecule has 0 aromatic rings. The van der Waals surface area contributed by atoms with Crippen LogP contribution in [0.2, 0.25) is 0 Å². The summed E-state index contributed by atoms with van der Waals surface area (Å²) in [6.07, 6.45) is 30.2. The van der Waals surface area contributed by atoms with Crippen LogP contribution >= 0.6 is 7.82 Å². The molecule has 350 valence electrons. The van der Waals surface area contributed by atoms with Crippen LogP contribution in [0.25, 0.3) is 0 Å². The molecule has 0 bridgehead atoms. The molecule has 1 aliphatic carbocycles. The number of carbonyl (C=O) groups excluding carboxylic acids is 2. The summed E-state index contributed by atoms with van der Waals surface area (Å²) >= 11 is 0. The van der Waals surface area contributed by atoms with Gasteiger partial charge in [-0.25, -0.2) is 4.57 Å². The van der Waals surface area contributed by atoms with E-state index in [2.05, 4.69) is 42.7 Å². The van der Waals surface area contributed by atoms with Gasteiger partial charge in [0.15, 0.2) is 6.10 Å². The largest absolute Gasteiger partial charge is 0.472 e. The van der Waals surface area contributed by atoms with Gasteiger partial charge in [0.1, 0.15) is 12.7 Å². The molecule has 1 fully saturated rings. The Bertz CT molecular complexity index is 1210. The van der Waals surface area contributed by atoms with Crippen molar-refractivity contribution in [3.8, 4) is 0 Å². The number of allylic oxidation sites excluding steroid dienone is 4. The normalized spacial score (nSPS) is 20.9. The number of aliphatic hydroxyl groups excluding tert-OH is 5. The van der Waals surface area contributed by atoms with Gasteiger partial charge in [0.25, 0.3) is 0 Å². The zero-order valence-electron chi connectivity index (χ0n) is 37.0. The van der Waals surface area contributed by atoms with E-state index in [9.17, 15) is 39.5 Å². The molecule has 0 aromatic carbocycles. The first-order valence-electron chi connectivity index (χ1n) is 23.2. The highest BCUT2D eigenvalue weighted by Gasteiger charge is 2.39. The summed E-state index contributed by atoms with van der Waals surface area (Å²) < 4.78 is 32.8. The fourth-order valence-electron chi connectivity index (χ4n) is 7.24. The minimum atomic E-state index is -4.68. The van der Waals surface area contributed by atoms with Crippen LogP contribution in [0.4, 0.5) is 0 Å². The van der Waals surface area contributed by atoms with Crippen LogP contribution in [0.1, 0.15) is 174 Å². The molecule has 0 spiro atoms. The highest BCUT2D eigenvalue weighted by molar-refractivity contribution is 7.47. The molecule has 60 heavy (non-hydrogen) atoms. The van der Waals surface area contributed by atoms with Crippen molar-refractivity contribution in [3.05, 3.63) is 36.5 Å². The maximum absolute atomic E-state index is 12.8. The minimum absolute atomic E-state index is 0.0556. The van der Waals surface area contributed by atoms with E-state index in [1.165, 1.54) is 38.5 Å². The number of phosphoric ester groups is 1. The second-order valence-electron chi connectivity index (χ2n) is 16.4. The van der Waals surface area contributed by atoms with Gasteiger partial charge in [0, 0.05) is 25.2 Å². The Balaban J connectivity index is 2.42. The summed E-state index contributed by atoms with van der Waals surface area (Å²) in [5.41, 5.74) is 0. The van der Waals surface area contributed by atoms with Crippen LogP contribution in [0.3, 0.4) is 0 Å². The molecule has 1 saturated carbocycles. The van der Waals surface area contributed by atoms with Crippen molar-refractivity contribution >= 4 is 19.8 Å². The van der Waals surface area contributed by atoms with Crippen molar-refractivity contribution in [3.63, 3.8) is 0 Å². The minimum Gasteiger partial charge on any atom is -0.462 e. The fourth-order valence-corrected chi connectivity index (χ4v) is 8.03. The van der Waals surface area contributed by atoms with Gasteiger partial charge in [0.05, 0.1) is 38.1 Å². The maximum Gasteiger partial charge on any atom is 0.472 e. The Morgan fingerprint density at radius 2 is 1.27 bits per heavy atom. The average molecular weight is 875 g/mol. The highest BCUT2D eigenvalue weighted by atomic mass is 31.2. The molecular weight excluding hydrogens is 791 g/mol. The Morgan fingerprint density at radius 1 is 0.700 bits per heavy atom. The predicted molar refractivity (Wildman–Crippen MR) is 235 cm³/mol. The number of hydrogen-bond acceptors (Lipinski definition) is 12. The molecule has 0 heterocycles. The number of hydrogen-bond donors (Lipinski definition) is 6. The SMILES string of the molecule is CCCCC/C=C\C/C=C\CCCCCCCCCC(=O)OC[C@H](COP(=O)(O)OC[C@@H](O)CO)OC(=O)CCCCCC[C@@H]1[C@@H](/C=C/[C@@H](O)CCCCC)[C@H](O)C[C@@H]1O. The average Bonchev–Trinajstić information content (AvgIpc) is 3.49. The number of carbonyl (C=O) groups is 2. The Labute approximate surface area is 361 Å². The summed E-state index contributed by atoms with van der Waals surface area (Å²) in [5, 5.41) is 49.8.